The fraction of sp³-hybridized carbons (Fsp3) is 0.500. The highest BCUT2D eigenvalue weighted by Gasteiger charge is 2.36. The van der Waals surface area contributed by atoms with Gasteiger partial charge in [0.25, 0.3) is 5.56 Å². The summed E-state index contributed by atoms with van der Waals surface area (Å²) in [6, 6.07) is 3.40. The standard InChI is InChI=1S/C30H35FN4O7S/c1-16-24-28(38)35(21-10-12-33(2)27(21)37)30(39)34(29(24)43-25(16)26-32-11-13-41-26)15-23(42-19-7-5-18(36)6-8-19)20-14-17(31)4-9-22(20)40-3/h4,9,11,13-14,18-19,21,23,27,36-37H,5-8,10,12,15H2,1-3H3/t18?,19?,21-,23-,27?/m0/s1. The van der Waals surface area contributed by atoms with Crippen molar-refractivity contribution in [2.45, 2.75) is 76.2 Å². The Labute approximate surface area is 250 Å². The second-order valence-electron chi connectivity index (χ2n) is 11.3. The van der Waals surface area contributed by atoms with E-state index in [9.17, 15) is 24.2 Å². The quantitative estimate of drug-likeness (QED) is 0.306. The molecule has 3 aromatic heterocycles. The number of thiophene rings is 1. The lowest BCUT2D eigenvalue weighted by atomic mass is 9.94. The van der Waals surface area contributed by atoms with E-state index in [4.69, 9.17) is 13.9 Å². The maximum atomic E-state index is 14.7. The number of methoxy groups -OCH3 is 1. The van der Waals surface area contributed by atoms with Crippen LogP contribution in [0.3, 0.4) is 0 Å². The van der Waals surface area contributed by atoms with Crippen molar-refractivity contribution in [3.05, 3.63) is 68.4 Å². The fourth-order valence-corrected chi connectivity index (χ4v) is 7.52. The minimum Gasteiger partial charge on any atom is -0.496 e. The van der Waals surface area contributed by atoms with Crippen molar-refractivity contribution in [3.8, 4) is 16.5 Å². The molecule has 13 heteroatoms. The molecule has 6 rings (SSSR count). The molecular weight excluding hydrogens is 579 g/mol. The summed E-state index contributed by atoms with van der Waals surface area (Å²) in [7, 11) is 3.23. The number of hydrogen-bond acceptors (Lipinski definition) is 10. The van der Waals surface area contributed by atoms with E-state index in [-0.39, 0.29) is 12.6 Å². The van der Waals surface area contributed by atoms with Crippen molar-refractivity contribution in [1.82, 2.24) is 19.0 Å². The summed E-state index contributed by atoms with van der Waals surface area (Å²) < 4.78 is 35.0. The number of ether oxygens (including phenoxy) is 2. The first-order valence-electron chi connectivity index (χ1n) is 14.4. The van der Waals surface area contributed by atoms with Gasteiger partial charge >= 0.3 is 5.69 Å². The highest BCUT2D eigenvalue weighted by Crippen LogP contribution is 2.38. The van der Waals surface area contributed by atoms with Crippen LogP contribution in [-0.2, 0) is 11.3 Å². The van der Waals surface area contributed by atoms with Crippen LogP contribution in [0.15, 0.2) is 44.7 Å². The van der Waals surface area contributed by atoms with Gasteiger partial charge in [-0.05, 0) is 69.8 Å². The van der Waals surface area contributed by atoms with Crippen LogP contribution in [0, 0.1) is 12.7 Å². The Balaban J connectivity index is 1.55. The van der Waals surface area contributed by atoms with Gasteiger partial charge in [0.1, 0.15) is 35.0 Å². The summed E-state index contributed by atoms with van der Waals surface area (Å²) in [5.74, 6) is 0.237. The number of likely N-dealkylation sites (tertiary alicyclic amines) is 1. The van der Waals surface area contributed by atoms with Crippen molar-refractivity contribution in [3.63, 3.8) is 0 Å². The highest BCUT2D eigenvalue weighted by atomic mass is 32.1. The lowest BCUT2D eigenvalue weighted by Gasteiger charge is -2.31. The predicted molar refractivity (Wildman–Crippen MR) is 158 cm³/mol. The number of benzene rings is 1. The van der Waals surface area contributed by atoms with E-state index in [0.29, 0.717) is 76.5 Å². The van der Waals surface area contributed by atoms with Gasteiger partial charge < -0.3 is 24.1 Å². The Bertz CT molecular complexity index is 1720. The minimum atomic E-state index is -1.02. The molecule has 1 aliphatic heterocycles. The molecule has 1 aliphatic carbocycles. The Hall–Kier alpha value is -3.36. The number of oxazole rings is 1. The molecule has 230 valence electrons. The maximum absolute atomic E-state index is 14.7. The smallest absolute Gasteiger partial charge is 0.332 e. The number of hydrogen-bond donors (Lipinski definition) is 2. The van der Waals surface area contributed by atoms with Gasteiger partial charge in [0, 0.05) is 12.1 Å². The molecule has 43 heavy (non-hydrogen) atoms. The fourth-order valence-electron chi connectivity index (χ4n) is 6.28. The number of aliphatic hydroxyl groups excluding tert-OH is 2. The van der Waals surface area contributed by atoms with E-state index in [1.54, 1.807) is 18.9 Å². The number of aliphatic hydroxyl groups is 2. The Morgan fingerprint density at radius 3 is 2.60 bits per heavy atom. The maximum Gasteiger partial charge on any atom is 0.332 e. The average molecular weight is 615 g/mol. The number of halogens is 1. The molecule has 4 heterocycles. The summed E-state index contributed by atoms with van der Waals surface area (Å²) in [6.45, 7) is 2.24. The van der Waals surface area contributed by atoms with Crippen LogP contribution >= 0.6 is 11.3 Å². The molecule has 4 aromatic rings. The highest BCUT2D eigenvalue weighted by molar-refractivity contribution is 7.22. The van der Waals surface area contributed by atoms with E-state index in [1.807, 2.05) is 0 Å². The molecule has 1 saturated heterocycles. The predicted octanol–water partition coefficient (Wildman–Crippen LogP) is 3.59. The van der Waals surface area contributed by atoms with E-state index < -0.39 is 41.5 Å². The van der Waals surface area contributed by atoms with Gasteiger partial charge in [-0.2, -0.15) is 0 Å². The van der Waals surface area contributed by atoms with Crippen LogP contribution < -0.4 is 16.0 Å². The summed E-state index contributed by atoms with van der Waals surface area (Å²) in [6.07, 6.45) is 3.23. The van der Waals surface area contributed by atoms with Crippen LogP contribution in [0.1, 0.15) is 55.4 Å². The number of fused-ring (bicyclic) bond motifs is 1. The van der Waals surface area contributed by atoms with Crippen molar-refractivity contribution >= 4 is 21.6 Å². The van der Waals surface area contributed by atoms with Gasteiger partial charge in [0.15, 0.2) is 0 Å². The number of aromatic nitrogens is 3. The molecule has 11 nitrogen and oxygen atoms in total. The third kappa shape index (κ3) is 5.44. The average Bonchev–Trinajstić information content (AvgIpc) is 3.72. The van der Waals surface area contributed by atoms with E-state index >= 15 is 0 Å². The largest absolute Gasteiger partial charge is 0.496 e. The van der Waals surface area contributed by atoms with Crippen LogP contribution in [0.2, 0.25) is 0 Å². The van der Waals surface area contributed by atoms with Crippen LogP contribution in [0.25, 0.3) is 21.0 Å². The first-order chi connectivity index (χ1) is 20.7. The third-order valence-corrected chi connectivity index (χ3v) is 9.96. The van der Waals surface area contributed by atoms with Crippen molar-refractivity contribution in [1.29, 1.82) is 0 Å². The molecule has 0 spiro atoms. The lowest BCUT2D eigenvalue weighted by molar-refractivity contribution is -0.0566. The minimum absolute atomic E-state index is 0.0574. The summed E-state index contributed by atoms with van der Waals surface area (Å²) in [4.78, 5) is 35.4. The lowest BCUT2D eigenvalue weighted by Crippen LogP contribution is -2.46. The second-order valence-corrected chi connectivity index (χ2v) is 12.3. The molecule has 2 fully saturated rings. The van der Waals surface area contributed by atoms with Crippen molar-refractivity contribution in [2.75, 3.05) is 20.7 Å². The Morgan fingerprint density at radius 1 is 1.19 bits per heavy atom. The first-order valence-corrected chi connectivity index (χ1v) is 15.2. The summed E-state index contributed by atoms with van der Waals surface area (Å²) >= 11 is 1.21. The molecular formula is C30H35FN4O7S. The molecule has 1 aromatic carbocycles. The van der Waals surface area contributed by atoms with Crippen LogP contribution in [0.4, 0.5) is 4.39 Å². The molecule has 3 atom stereocenters. The molecule has 1 unspecified atom stereocenters. The van der Waals surface area contributed by atoms with Gasteiger partial charge in [-0.1, -0.05) is 0 Å². The molecule has 0 amide bonds. The van der Waals surface area contributed by atoms with E-state index in [2.05, 4.69) is 4.98 Å². The van der Waals surface area contributed by atoms with Gasteiger partial charge in [-0.15, -0.1) is 11.3 Å². The van der Waals surface area contributed by atoms with Crippen molar-refractivity contribution in [2.24, 2.45) is 0 Å². The normalized spacial score (nSPS) is 23.7. The molecule has 0 bridgehead atoms. The molecule has 2 aliphatic rings. The number of aryl methyl sites for hydroxylation is 1. The third-order valence-electron chi connectivity index (χ3n) is 8.66. The van der Waals surface area contributed by atoms with Crippen molar-refractivity contribution < 1.29 is 28.5 Å². The SMILES string of the molecule is COc1ccc(F)cc1[C@H](Cn1c(=O)n([C@H]2CCN(C)C2O)c(=O)c2c(C)c(-c3ncco3)sc21)OC1CCC(O)CC1. The van der Waals surface area contributed by atoms with Crippen LogP contribution in [0.5, 0.6) is 5.75 Å². The molecule has 2 N–H and O–H groups in total. The Morgan fingerprint density at radius 2 is 1.95 bits per heavy atom. The first kappa shape index (κ1) is 29.7. The zero-order valence-electron chi connectivity index (χ0n) is 24.2. The zero-order chi connectivity index (χ0) is 30.4. The second kappa shape index (κ2) is 12.0. The van der Waals surface area contributed by atoms with Gasteiger partial charge in [0.05, 0.1) is 48.4 Å². The van der Waals surface area contributed by atoms with Gasteiger partial charge in [-0.3, -0.25) is 18.8 Å². The molecule has 0 radical (unpaired) electrons. The topological polar surface area (TPSA) is 132 Å². The van der Waals surface area contributed by atoms with Gasteiger partial charge in [0.2, 0.25) is 5.89 Å². The molecule has 1 saturated carbocycles. The Kier molecular flexibility index (Phi) is 8.26. The number of likely N-dealkylation sites (N-methyl/N-ethyl adjacent to an activating group) is 1. The monoisotopic (exact) mass is 614 g/mol. The van der Waals surface area contributed by atoms with E-state index in [1.165, 1.54) is 53.7 Å². The van der Waals surface area contributed by atoms with Crippen LogP contribution in [-0.4, -0.2) is 68.4 Å². The summed E-state index contributed by atoms with van der Waals surface area (Å²) in [5, 5.41) is 21.3. The summed E-state index contributed by atoms with van der Waals surface area (Å²) in [5.41, 5.74) is -0.0598. The number of rotatable bonds is 8. The number of nitrogens with zero attached hydrogens (tertiary/aromatic N) is 4. The zero-order valence-corrected chi connectivity index (χ0v) is 25.1. The van der Waals surface area contributed by atoms with E-state index in [0.717, 1.165) is 4.57 Å². The van der Waals surface area contributed by atoms with Gasteiger partial charge in [-0.25, -0.2) is 14.2 Å².